The molecule has 0 saturated carbocycles. The van der Waals surface area contributed by atoms with E-state index in [1.807, 2.05) is 4.90 Å². The lowest BCUT2D eigenvalue weighted by Gasteiger charge is -2.37. The molecule has 1 amide bonds. The highest BCUT2D eigenvalue weighted by molar-refractivity contribution is 7.80. The fourth-order valence-electron chi connectivity index (χ4n) is 3.27. The number of benzene rings is 2. The molecule has 1 aliphatic heterocycles. The number of hydrogen-bond acceptors (Lipinski definition) is 4. The number of nitrogens with zero attached hydrogens (tertiary/aromatic N) is 2. The second kappa shape index (κ2) is 9.50. The first kappa shape index (κ1) is 24.7. The van der Waals surface area contributed by atoms with Gasteiger partial charge in [-0.3, -0.25) is 4.79 Å². The van der Waals surface area contributed by atoms with Crippen molar-refractivity contribution in [3.8, 4) is 0 Å². The quantitative estimate of drug-likeness (QED) is 0.288. The number of thiocarbonyl (C=S) groups is 1. The molecule has 1 fully saturated rings. The third kappa shape index (κ3) is 5.35. The first-order chi connectivity index (χ1) is 15.4. The molecule has 0 aromatic heterocycles. The Morgan fingerprint density at radius 2 is 1.27 bits per heavy atom. The summed E-state index contributed by atoms with van der Waals surface area (Å²) >= 11 is 5.15. The zero-order chi connectivity index (χ0) is 24.5. The van der Waals surface area contributed by atoms with Crippen LogP contribution >= 0.6 is 12.2 Å². The number of rotatable bonds is 3. The van der Waals surface area contributed by atoms with Crippen LogP contribution < -0.4 is 20.4 Å². The molecule has 2 aromatic carbocycles. The van der Waals surface area contributed by atoms with Crippen molar-refractivity contribution in [3.05, 3.63) is 53.4 Å². The van der Waals surface area contributed by atoms with Crippen LogP contribution in [0.15, 0.2) is 24.3 Å². The molecular weight excluding hydrogens is 463 g/mol. The van der Waals surface area contributed by atoms with Gasteiger partial charge in [-0.1, -0.05) is 20.8 Å². The maximum atomic E-state index is 14.1. The molecule has 3 rings (SSSR count). The number of anilines is 3. The molecule has 1 aliphatic rings. The minimum Gasteiger partial charge on any atom is -0.368 e. The summed E-state index contributed by atoms with van der Waals surface area (Å²) in [5.41, 5.74) is -0.0358. The van der Waals surface area contributed by atoms with Crippen LogP contribution in [-0.2, 0) is 4.79 Å². The Balaban J connectivity index is 1.62. The lowest BCUT2D eigenvalue weighted by atomic mass is 9.96. The van der Waals surface area contributed by atoms with Gasteiger partial charge in [-0.25, -0.2) is 22.0 Å². The first-order valence-corrected chi connectivity index (χ1v) is 10.5. The molecule has 1 heterocycles. The van der Waals surface area contributed by atoms with Gasteiger partial charge in [0.25, 0.3) is 0 Å². The van der Waals surface area contributed by atoms with Gasteiger partial charge in [-0.15, -0.1) is 0 Å². The van der Waals surface area contributed by atoms with E-state index >= 15 is 0 Å². The largest absolute Gasteiger partial charge is 0.368 e. The number of piperazine rings is 1. The zero-order valence-corrected chi connectivity index (χ0v) is 19.1. The van der Waals surface area contributed by atoms with Crippen molar-refractivity contribution in [1.29, 1.82) is 0 Å². The van der Waals surface area contributed by atoms with Crippen molar-refractivity contribution in [2.45, 2.75) is 20.8 Å². The van der Waals surface area contributed by atoms with Crippen LogP contribution in [0.3, 0.4) is 0 Å². The van der Waals surface area contributed by atoms with E-state index in [9.17, 15) is 26.7 Å². The number of amides is 1. The summed E-state index contributed by atoms with van der Waals surface area (Å²) in [5.74, 6) is -9.95. The highest BCUT2D eigenvalue weighted by Gasteiger charge is 2.30. The van der Waals surface area contributed by atoms with Crippen LogP contribution in [0.1, 0.15) is 20.8 Å². The van der Waals surface area contributed by atoms with E-state index in [4.69, 9.17) is 12.2 Å². The van der Waals surface area contributed by atoms with Gasteiger partial charge in [-0.2, -0.15) is 0 Å². The zero-order valence-electron chi connectivity index (χ0n) is 18.2. The van der Waals surface area contributed by atoms with Crippen LogP contribution in [0.2, 0.25) is 0 Å². The number of carbonyl (C=O) groups excluding carboxylic acids is 1. The Bertz CT molecular complexity index is 1030. The summed E-state index contributed by atoms with van der Waals surface area (Å²) in [6.07, 6.45) is 0. The van der Waals surface area contributed by atoms with E-state index in [1.54, 1.807) is 45.0 Å². The van der Waals surface area contributed by atoms with E-state index in [0.29, 0.717) is 18.8 Å². The topological polar surface area (TPSA) is 47.6 Å². The molecule has 0 unspecified atom stereocenters. The molecule has 11 heteroatoms. The molecule has 0 bridgehead atoms. The van der Waals surface area contributed by atoms with E-state index < -0.39 is 40.2 Å². The number of hydrogen-bond donors (Lipinski definition) is 2. The number of halogens is 5. The van der Waals surface area contributed by atoms with E-state index in [0.717, 1.165) is 10.6 Å². The van der Waals surface area contributed by atoms with E-state index in [1.165, 1.54) is 0 Å². The molecule has 5 nitrogen and oxygen atoms in total. The molecule has 33 heavy (non-hydrogen) atoms. The van der Waals surface area contributed by atoms with Crippen LogP contribution in [0.25, 0.3) is 0 Å². The Labute approximate surface area is 193 Å². The molecular formula is C22H23F5N4OS. The molecule has 0 spiro atoms. The van der Waals surface area contributed by atoms with Gasteiger partial charge in [0, 0.05) is 43.0 Å². The molecule has 178 valence electrons. The van der Waals surface area contributed by atoms with Crippen LogP contribution in [-0.4, -0.2) is 37.2 Å². The number of nitrogens with one attached hydrogen (secondary N) is 2. The molecule has 2 N–H and O–H groups in total. The lowest BCUT2D eigenvalue weighted by molar-refractivity contribution is -0.126. The van der Waals surface area contributed by atoms with Crippen LogP contribution in [0, 0.1) is 34.5 Å². The fraction of sp³-hybridized carbons (Fsp3) is 0.364. The minimum absolute atomic E-state index is 0.0707. The van der Waals surface area contributed by atoms with Crippen molar-refractivity contribution in [3.63, 3.8) is 0 Å². The third-order valence-corrected chi connectivity index (χ3v) is 5.39. The maximum Gasteiger partial charge on any atom is 0.231 e. The summed E-state index contributed by atoms with van der Waals surface area (Å²) < 4.78 is 68.5. The summed E-state index contributed by atoms with van der Waals surface area (Å²) in [6, 6.07) is 7.10. The standard InChI is InChI=1S/C22H23F5N4OS/c1-22(2,3)20(32)29-21(33)28-12-4-6-13(7-5-12)30-8-10-31(11-9-30)19-17(26)15(24)14(23)16(25)18(19)27/h4-7H,8-11H2,1-3H3,(H2,28,29,32,33). The van der Waals surface area contributed by atoms with Crippen molar-refractivity contribution in [2.75, 3.05) is 41.3 Å². The third-order valence-electron chi connectivity index (χ3n) is 5.18. The second-order valence-corrected chi connectivity index (χ2v) is 9.01. The Morgan fingerprint density at radius 1 is 0.818 bits per heavy atom. The van der Waals surface area contributed by atoms with E-state index in [-0.39, 0.29) is 24.1 Å². The van der Waals surface area contributed by atoms with Crippen molar-refractivity contribution < 1.29 is 26.7 Å². The highest BCUT2D eigenvalue weighted by Crippen LogP contribution is 2.31. The van der Waals surface area contributed by atoms with Crippen molar-refractivity contribution in [2.24, 2.45) is 5.41 Å². The predicted molar refractivity (Wildman–Crippen MR) is 121 cm³/mol. The van der Waals surface area contributed by atoms with Gasteiger partial charge in [0.15, 0.2) is 28.4 Å². The van der Waals surface area contributed by atoms with Gasteiger partial charge in [0.05, 0.1) is 0 Å². The fourth-order valence-corrected chi connectivity index (χ4v) is 3.48. The molecule has 0 radical (unpaired) electrons. The SMILES string of the molecule is CC(C)(C)C(=O)NC(=S)Nc1ccc(N2CCN(c3c(F)c(F)c(F)c(F)c3F)CC2)cc1. The normalized spacial score (nSPS) is 14.3. The van der Waals surface area contributed by atoms with Crippen molar-refractivity contribution >= 4 is 40.3 Å². The monoisotopic (exact) mass is 486 g/mol. The molecule has 2 aromatic rings. The van der Waals surface area contributed by atoms with Crippen molar-refractivity contribution in [1.82, 2.24) is 5.32 Å². The first-order valence-electron chi connectivity index (χ1n) is 10.1. The molecule has 0 atom stereocenters. The summed E-state index contributed by atoms with van der Waals surface area (Å²) in [5, 5.41) is 5.70. The molecule has 0 aliphatic carbocycles. The second-order valence-electron chi connectivity index (χ2n) is 8.60. The number of carbonyl (C=O) groups is 1. The average Bonchev–Trinajstić information content (AvgIpc) is 2.77. The average molecular weight is 487 g/mol. The minimum atomic E-state index is -2.17. The van der Waals surface area contributed by atoms with Gasteiger partial charge in [0.1, 0.15) is 5.69 Å². The Hall–Kier alpha value is -2.95. The van der Waals surface area contributed by atoms with Crippen LogP contribution in [0.5, 0.6) is 0 Å². The lowest BCUT2D eigenvalue weighted by Crippen LogP contribution is -2.47. The summed E-state index contributed by atoms with van der Waals surface area (Å²) in [6.45, 7) is 6.07. The molecule has 1 saturated heterocycles. The smallest absolute Gasteiger partial charge is 0.231 e. The summed E-state index contributed by atoms with van der Waals surface area (Å²) in [4.78, 5) is 15.1. The Morgan fingerprint density at radius 3 is 1.76 bits per heavy atom. The van der Waals surface area contributed by atoms with Crippen LogP contribution in [0.4, 0.5) is 39.0 Å². The van der Waals surface area contributed by atoms with E-state index in [2.05, 4.69) is 10.6 Å². The van der Waals surface area contributed by atoms with Gasteiger partial charge in [0.2, 0.25) is 11.7 Å². The Kier molecular flexibility index (Phi) is 7.11. The highest BCUT2D eigenvalue weighted by atomic mass is 32.1. The van der Waals surface area contributed by atoms with Gasteiger partial charge < -0.3 is 20.4 Å². The van der Waals surface area contributed by atoms with Gasteiger partial charge in [-0.05, 0) is 36.5 Å². The van der Waals surface area contributed by atoms with Gasteiger partial charge >= 0.3 is 0 Å². The maximum absolute atomic E-state index is 14.1. The summed E-state index contributed by atoms with van der Waals surface area (Å²) in [7, 11) is 0. The predicted octanol–water partition coefficient (Wildman–Crippen LogP) is 4.57.